The molecule has 16 heavy (non-hydrogen) atoms. The van der Waals surface area contributed by atoms with Gasteiger partial charge < -0.3 is 15.8 Å². The highest BCUT2D eigenvalue weighted by Gasteiger charge is 2.45. The van der Waals surface area contributed by atoms with E-state index in [-0.39, 0.29) is 5.54 Å². The van der Waals surface area contributed by atoms with Gasteiger partial charge in [-0.05, 0) is 31.6 Å². The molecule has 2 rings (SSSR count). The maximum atomic E-state index is 6.01. The molecule has 0 aromatic rings. The summed E-state index contributed by atoms with van der Waals surface area (Å²) in [7, 11) is 1.79. The lowest BCUT2D eigenvalue weighted by Gasteiger charge is -2.38. The Balaban J connectivity index is 1.94. The number of nitrogens with two attached hydrogens (primary N) is 1. The Morgan fingerprint density at radius 2 is 1.88 bits per heavy atom. The molecule has 2 fully saturated rings. The Labute approximate surface area is 99.1 Å². The van der Waals surface area contributed by atoms with Crippen LogP contribution in [0.1, 0.15) is 44.9 Å². The predicted molar refractivity (Wildman–Crippen MR) is 66.4 cm³/mol. The zero-order chi connectivity index (χ0) is 11.4. The standard InChI is InChI=1S/C13H26N2O/c1-16-10-13(9-14,11-7-8-11)15-12-5-3-2-4-6-12/h11-12,15H,2-10,14H2,1H3. The van der Waals surface area contributed by atoms with E-state index in [1.807, 2.05) is 0 Å². The van der Waals surface area contributed by atoms with Crippen LogP contribution in [0.2, 0.25) is 0 Å². The lowest BCUT2D eigenvalue weighted by molar-refractivity contribution is 0.0847. The first-order valence-electron chi connectivity index (χ1n) is 6.77. The average Bonchev–Trinajstić information content (AvgIpc) is 3.14. The minimum Gasteiger partial charge on any atom is -0.383 e. The Kier molecular flexibility index (Phi) is 4.22. The van der Waals surface area contributed by atoms with E-state index in [4.69, 9.17) is 10.5 Å². The Morgan fingerprint density at radius 1 is 1.19 bits per heavy atom. The van der Waals surface area contributed by atoms with Crippen LogP contribution in [0.15, 0.2) is 0 Å². The summed E-state index contributed by atoms with van der Waals surface area (Å²) in [4.78, 5) is 0. The van der Waals surface area contributed by atoms with Crippen LogP contribution in [0, 0.1) is 5.92 Å². The van der Waals surface area contributed by atoms with Crippen molar-refractivity contribution >= 4 is 0 Å². The first-order chi connectivity index (χ1) is 7.80. The zero-order valence-electron chi connectivity index (χ0n) is 10.5. The first kappa shape index (κ1) is 12.3. The van der Waals surface area contributed by atoms with E-state index < -0.39 is 0 Å². The van der Waals surface area contributed by atoms with Gasteiger partial charge in [-0.25, -0.2) is 0 Å². The van der Waals surface area contributed by atoms with Gasteiger partial charge in [-0.2, -0.15) is 0 Å². The SMILES string of the molecule is COCC(CN)(NC1CCCCC1)C1CC1. The van der Waals surface area contributed by atoms with Crippen LogP contribution in [-0.4, -0.2) is 31.8 Å². The smallest absolute Gasteiger partial charge is 0.0659 e. The molecule has 0 amide bonds. The third-order valence-electron chi connectivity index (χ3n) is 4.22. The van der Waals surface area contributed by atoms with E-state index in [0.717, 1.165) is 12.5 Å². The van der Waals surface area contributed by atoms with Gasteiger partial charge in [0.15, 0.2) is 0 Å². The van der Waals surface area contributed by atoms with Crippen molar-refractivity contribution in [2.45, 2.75) is 56.5 Å². The molecular weight excluding hydrogens is 200 g/mol. The molecule has 0 radical (unpaired) electrons. The fourth-order valence-corrected chi connectivity index (χ4v) is 3.11. The zero-order valence-corrected chi connectivity index (χ0v) is 10.5. The van der Waals surface area contributed by atoms with Crippen LogP contribution >= 0.6 is 0 Å². The molecule has 0 aliphatic heterocycles. The number of ether oxygens (including phenoxy) is 1. The van der Waals surface area contributed by atoms with E-state index in [0.29, 0.717) is 12.6 Å². The summed E-state index contributed by atoms with van der Waals surface area (Å²) in [5.74, 6) is 0.749. The normalized spacial score (nSPS) is 26.6. The first-order valence-corrected chi connectivity index (χ1v) is 6.77. The third-order valence-corrected chi connectivity index (χ3v) is 4.22. The van der Waals surface area contributed by atoms with Crippen molar-refractivity contribution < 1.29 is 4.74 Å². The van der Waals surface area contributed by atoms with E-state index in [2.05, 4.69) is 5.32 Å². The number of hydrogen-bond donors (Lipinski definition) is 2. The molecule has 1 atom stereocenters. The summed E-state index contributed by atoms with van der Waals surface area (Å²) >= 11 is 0. The molecule has 0 bridgehead atoms. The highest BCUT2D eigenvalue weighted by Crippen LogP contribution is 2.40. The van der Waals surface area contributed by atoms with Crippen molar-refractivity contribution in [2.24, 2.45) is 11.7 Å². The molecule has 2 aliphatic rings. The third kappa shape index (κ3) is 2.76. The second-order valence-electron chi connectivity index (χ2n) is 5.55. The minimum atomic E-state index is 0.0662. The quantitative estimate of drug-likeness (QED) is 0.724. The van der Waals surface area contributed by atoms with Gasteiger partial charge in [-0.1, -0.05) is 19.3 Å². The maximum Gasteiger partial charge on any atom is 0.0659 e. The fraction of sp³-hybridized carbons (Fsp3) is 1.00. The van der Waals surface area contributed by atoms with Gasteiger partial charge in [0.1, 0.15) is 0 Å². The van der Waals surface area contributed by atoms with Crippen LogP contribution in [-0.2, 0) is 4.74 Å². The van der Waals surface area contributed by atoms with E-state index in [1.54, 1.807) is 7.11 Å². The Morgan fingerprint density at radius 3 is 2.38 bits per heavy atom. The van der Waals surface area contributed by atoms with Gasteiger partial charge in [-0.3, -0.25) is 0 Å². The minimum absolute atomic E-state index is 0.0662. The largest absolute Gasteiger partial charge is 0.383 e. The maximum absolute atomic E-state index is 6.01. The van der Waals surface area contributed by atoms with Crippen molar-refractivity contribution in [3.63, 3.8) is 0 Å². The molecule has 3 heteroatoms. The Bertz CT molecular complexity index is 212. The van der Waals surface area contributed by atoms with Gasteiger partial charge in [0, 0.05) is 19.7 Å². The highest BCUT2D eigenvalue weighted by molar-refractivity contribution is 5.03. The van der Waals surface area contributed by atoms with Gasteiger partial charge in [-0.15, -0.1) is 0 Å². The lowest BCUT2D eigenvalue weighted by Crippen LogP contribution is -2.60. The molecule has 0 saturated heterocycles. The van der Waals surface area contributed by atoms with Crippen LogP contribution in [0.4, 0.5) is 0 Å². The molecule has 0 heterocycles. The van der Waals surface area contributed by atoms with Crippen LogP contribution < -0.4 is 11.1 Å². The van der Waals surface area contributed by atoms with Crippen molar-refractivity contribution in [3.8, 4) is 0 Å². The molecule has 2 saturated carbocycles. The average molecular weight is 226 g/mol. The molecule has 3 N–H and O–H groups in total. The van der Waals surface area contributed by atoms with Gasteiger partial charge in [0.05, 0.1) is 12.1 Å². The molecule has 0 aromatic heterocycles. The number of rotatable bonds is 6. The molecule has 94 valence electrons. The van der Waals surface area contributed by atoms with Crippen molar-refractivity contribution in [3.05, 3.63) is 0 Å². The highest BCUT2D eigenvalue weighted by atomic mass is 16.5. The second kappa shape index (κ2) is 5.48. The van der Waals surface area contributed by atoms with Crippen molar-refractivity contribution in [1.29, 1.82) is 0 Å². The van der Waals surface area contributed by atoms with E-state index in [9.17, 15) is 0 Å². The molecule has 2 aliphatic carbocycles. The van der Waals surface area contributed by atoms with Crippen molar-refractivity contribution in [1.82, 2.24) is 5.32 Å². The summed E-state index contributed by atoms with van der Waals surface area (Å²) in [5, 5.41) is 3.83. The number of methoxy groups -OCH3 is 1. The molecule has 0 spiro atoms. The van der Waals surface area contributed by atoms with Gasteiger partial charge >= 0.3 is 0 Å². The fourth-order valence-electron chi connectivity index (χ4n) is 3.11. The van der Waals surface area contributed by atoms with Gasteiger partial charge in [0.25, 0.3) is 0 Å². The lowest BCUT2D eigenvalue weighted by atomic mass is 9.88. The van der Waals surface area contributed by atoms with E-state index >= 15 is 0 Å². The van der Waals surface area contributed by atoms with Gasteiger partial charge in [0.2, 0.25) is 0 Å². The second-order valence-corrected chi connectivity index (χ2v) is 5.55. The summed E-state index contributed by atoms with van der Waals surface area (Å²) < 4.78 is 5.40. The summed E-state index contributed by atoms with van der Waals surface area (Å²) in [6, 6.07) is 0.674. The monoisotopic (exact) mass is 226 g/mol. The molecule has 3 nitrogen and oxygen atoms in total. The summed E-state index contributed by atoms with van der Waals surface area (Å²) in [5.41, 5.74) is 6.08. The predicted octanol–water partition coefficient (Wildman–Crippen LogP) is 1.66. The molecular formula is C13H26N2O. The van der Waals surface area contributed by atoms with Crippen LogP contribution in [0.5, 0.6) is 0 Å². The Hall–Kier alpha value is -0.120. The molecule has 0 aromatic carbocycles. The number of nitrogens with one attached hydrogen (secondary N) is 1. The number of hydrogen-bond acceptors (Lipinski definition) is 3. The molecule has 1 unspecified atom stereocenters. The van der Waals surface area contributed by atoms with Crippen LogP contribution in [0.25, 0.3) is 0 Å². The summed E-state index contributed by atoms with van der Waals surface area (Å²) in [6.45, 7) is 1.48. The van der Waals surface area contributed by atoms with E-state index in [1.165, 1.54) is 44.9 Å². The topological polar surface area (TPSA) is 47.3 Å². The van der Waals surface area contributed by atoms with Crippen LogP contribution in [0.3, 0.4) is 0 Å². The van der Waals surface area contributed by atoms with Crippen molar-refractivity contribution in [2.75, 3.05) is 20.3 Å². The summed E-state index contributed by atoms with van der Waals surface area (Å²) in [6.07, 6.45) is 9.42.